The van der Waals surface area contributed by atoms with Crippen LogP contribution >= 0.6 is 11.8 Å². The summed E-state index contributed by atoms with van der Waals surface area (Å²) in [6, 6.07) is 0. The van der Waals surface area contributed by atoms with Gasteiger partial charge in [0.1, 0.15) is 0 Å². The van der Waals surface area contributed by atoms with E-state index in [0.717, 1.165) is 13.1 Å². The molecule has 0 fully saturated rings. The van der Waals surface area contributed by atoms with Gasteiger partial charge in [0.15, 0.2) is 5.17 Å². The average Bonchev–Trinajstić information content (AvgIpc) is 2.04. The molecule has 0 aliphatic rings. The molecule has 5 heteroatoms. The van der Waals surface area contributed by atoms with Gasteiger partial charge < -0.3 is 10.0 Å². The van der Waals surface area contributed by atoms with Gasteiger partial charge in [-0.05, 0) is 20.1 Å². The highest BCUT2D eigenvalue weighted by Crippen LogP contribution is 2.04. The first-order valence-corrected chi connectivity index (χ1v) is 4.98. The lowest BCUT2D eigenvalue weighted by molar-refractivity contribution is 0.205. The first-order chi connectivity index (χ1) is 5.65. The van der Waals surface area contributed by atoms with Crippen LogP contribution in [0.15, 0.2) is 4.99 Å². The number of hydrogen-bond acceptors (Lipinski definition) is 2. The summed E-state index contributed by atoms with van der Waals surface area (Å²) in [5.74, 6) is 0. The summed E-state index contributed by atoms with van der Waals surface area (Å²) in [5.41, 5.74) is 0. The second-order valence-corrected chi connectivity index (χ2v) is 2.83. The Morgan fingerprint density at radius 3 is 2.25 bits per heavy atom. The van der Waals surface area contributed by atoms with Crippen molar-refractivity contribution in [2.45, 2.75) is 13.8 Å². The van der Waals surface area contributed by atoms with Crippen molar-refractivity contribution in [2.75, 3.05) is 19.3 Å². The number of aliphatic imine (C=N–C) groups is 1. The molecule has 0 aromatic rings. The minimum Gasteiger partial charge on any atom is -0.463 e. The highest BCUT2D eigenvalue weighted by atomic mass is 32.2. The Morgan fingerprint density at radius 2 is 2.00 bits per heavy atom. The predicted molar refractivity (Wildman–Crippen MR) is 51.9 cm³/mol. The van der Waals surface area contributed by atoms with Crippen LogP contribution in [0, 0.1) is 0 Å². The minimum absolute atomic E-state index is 0.563. The molecule has 0 saturated heterocycles. The fourth-order valence-corrected chi connectivity index (χ4v) is 1.51. The summed E-state index contributed by atoms with van der Waals surface area (Å²) >= 11 is 1.35. The number of thioether (sulfide) groups is 1. The van der Waals surface area contributed by atoms with Crippen molar-refractivity contribution in [3.8, 4) is 0 Å². The Balaban J connectivity index is 4.40. The molecule has 4 nitrogen and oxygen atoms in total. The summed E-state index contributed by atoms with van der Waals surface area (Å²) in [5, 5.41) is 8.99. The van der Waals surface area contributed by atoms with Crippen molar-refractivity contribution in [3.05, 3.63) is 0 Å². The monoisotopic (exact) mass is 190 g/mol. The van der Waals surface area contributed by atoms with Crippen LogP contribution in [0.5, 0.6) is 0 Å². The van der Waals surface area contributed by atoms with Crippen molar-refractivity contribution in [1.82, 2.24) is 4.90 Å². The van der Waals surface area contributed by atoms with Crippen LogP contribution in [0.3, 0.4) is 0 Å². The van der Waals surface area contributed by atoms with Gasteiger partial charge in [0.05, 0.1) is 0 Å². The third kappa shape index (κ3) is 3.61. The third-order valence-corrected chi connectivity index (χ3v) is 2.12. The fraction of sp³-hybridized carbons (Fsp3) is 0.714. The molecule has 0 aliphatic heterocycles. The smallest absolute Gasteiger partial charge is 0.433 e. The number of carboxylic acid groups (broad SMARTS) is 1. The molecule has 0 radical (unpaired) electrons. The van der Waals surface area contributed by atoms with Gasteiger partial charge in [-0.15, -0.1) is 0 Å². The molecule has 0 atom stereocenters. The zero-order chi connectivity index (χ0) is 9.56. The van der Waals surface area contributed by atoms with E-state index >= 15 is 0 Å². The Morgan fingerprint density at radius 1 is 1.50 bits per heavy atom. The molecule has 0 heterocycles. The van der Waals surface area contributed by atoms with E-state index in [4.69, 9.17) is 5.11 Å². The molecular formula is C7H14N2O2S. The molecule has 0 rings (SSSR count). The SMILES string of the molecule is CCN(CC)C(=NC(=O)O)SC. The van der Waals surface area contributed by atoms with Crippen molar-refractivity contribution in [3.63, 3.8) is 0 Å². The van der Waals surface area contributed by atoms with E-state index in [-0.39, 0.29) is 0 Å². The van der Waals surface area contributed by atoms with Crippen LogP contribution in [0.1, 0.15) is 13.8 Å². The van der Waals surface area contributed by atoms with Crippen LogP contribution in [0.4, 0.5) is 4.79 Å². The molecule has 0 aliphatic carbocycles. The van der Waals surface area contributed by atoms with Gasteiger partial charge in [0.25, 0.3) is 0 Å². The molecule has 1 N–H and O–H groups in total. The first-order valence-electron chi connectivity index (χ1n) is 3.76. The molecule has 70 valence electrons. The quantitative estimate of drug-likeness (QED) is 0.532. The molecule has 0 aromatic heterocycles. The molecule has 1 amide bonds. The van der Waals surface area contributed by atoms with Crippen molar-refractivity contribution in [1.29, 1.82) is 0 Å². The maximum absolute atomic E-state index is 10.3. The maximum atomic E-state index is 10.3. The number of amides is 1. The summed E-state index contributed by atoms with van der Waals surface area (Å²) in [7, 11) is 0. The minimum atomic E-state index is -1.13. The van der Waals surface area contributed by atoms with Gasteiger partial charge in [-0.1, -0.05) is 11.8 Å². The van der Waals surface area contributed by atoms with Crippen LogP contribution in [-0.4, -0.2) is 40.6 Å². The van der Waals surface area contributed by atoms with E-state index in [1.807, 2.05) is 25.0 Å². The number of nitrogens with zero attached hydrogens (tertiary/aromatic N) is 2. The largest absolute Gasteiger partial charge is 0.463 e. The Kier molecular flexibility index (Phi) is 5.53. The zero-order valence-corrected chi connectivity index (χ0v) is 8.39. The molecule has 0 bridgehead atoms. The molecule has 12 heavy (non-hydrogen) atoms. The molecular weight excluding hydrogens is 176 g/mol. The van der Waals surface area contributed by atoms with E-state index in [1.165, 1.54) is 11.8 Å². The van der Waals surface area contributed by atoms with Gasteiger partial charge in [-0.3, -0.25) is 0 Å². The lowest BCUT2D eigenvalue weighted by Gasteiger charge is -2.20. The van der Waals surface area contributed by atoms with Crippen LogP contribution in [0.2, 0.25) is 0 Å². The van der Waals surface area contributed by atoms with Crippen molar-refractivity contribution >= 4 is 23.0 Å². The number of hydrogen-bond donors (Lipinski definition) is 1. The van der Waals surface area contributed by atoms with Crippen LogP contribution in [0.25, 0.3) is 0 Å². The van der Waals surface area contributed by atoms with Gasteiger partial charge >= 0.3 is 6.09 Å². The first kappa shape index (κ1) is 11.3. The van der Waals surface area contributed by atoms with Crippen LogP contribution in [-0.2, 0) is 0 Å². The molecule has 0 saturated carbocycles. The summed E-state index contributed by atoms with van der Waals surface area (Å²) in [4.78, 5) is 15.6. The second kappa shape index (κ2) is 5.88. The van der Waals surface area contributed by atoms with E-state index in [0.29, 0.717) is 5.17 Å². The lowest BCUT2D eigenvalue weighted by Crippen LogP contribution is -2.28. The predicted octanol–water partition coefficient (Wildman–Crippen LogP) is 1.73. The Bertz CT molecular complexity index is 178. The zero-order valence-electron chi connectivity index (χ0n) is 7.57. The van der Waals surface area contributed by atoms with Gasteiger partial charge in [0.2, 0.25) is 0 Å². The lowest BCUT2D eigenvalue weighted by atomic mass is 10.6. The standard InChI is InChI=1S/C7H14N2O2S/c1-4-9(5-2)6(12-3)8-7(10)11/h4-5H2,1-3H3,(H,10,11). The van der Waals surface area contributed by atoms with Gasteiger partial charge in [0, 0.05) is 13.1 Å². The fourth-order valence-electron chi connectivity index (χ4n) is 0.821. The Hall–Kier alpha value is -0.710. The maximum Gasteiger partial charge on any atom is 0.433 e. The molecule has 0 aromatic carbocycles. The average molecular weight is 190 g/mol. The van der Waals surface area contributed by atoms with Gasteiger partial charge in [-0.25, -0.2) is 4.79 Å². The van der Waals surface area contributed by atoms with E-state index in [2.05, 4.69) is 4.99 Å². The molecule has 0 unspecified atom stereocenters. The third-order valence-electron chi connectivity index (χ3n) is 1.41. The molecule has 0 spiro atoms. The van der Waals surface area contributed by atoms with E-state index < -0.39 is 6.09 Å². The van der Waals surface area contributed by atoms with Crippen molar-refractivity contribution in [2.24, 2.45) is 4.99 Å². The number of amidine groups is 1. The van der Waals surface area contributed by atoms with Crippen molar-refractivity contribution < 1.29 is 9.90 Å². The topological polar surface area (TPSA) is 52.9 Å². The summed E-state index contributed by atoms with van der Waals surface area (Å²) in [6.45, 7) is 5.50. The Labute approximate surface area is 76.7 Å². The van der Waals surface area contributed by atoms with E-state index in [9.17, 15) is 4.79 Å². The number of rotatable bonds is 2. The highest BCUT2D eigenvalue weighted by Gasteiger charge is 2.07. The summed E-state index contributed by atoms with van der Waals surface area (Å²) < 4.78 is 0. The normalized spacial score (nSPS) is 11.4. The van der Waals surface area contributed by atoms with E-state index in [1.54, 1.807) is 0 Å². The summed E-state index contributed by atoms with van der Waals surface area (Å²) in [6.07, 6.45) is 0.686. The van der Waals surface area contributed by atoms with Crippen LogP contribution < -0.4 is 0 Å². The highest BCUT2D eigenvalue weighted by molar-refractivity contribution is 8.13. The number of carbonyl (C=O) groups is 1. The van der Waals surface area contributed by atoms with Gasteiger partial charge in [-0.2, -0.15) is 4.99 Å². The second-order valence-electron chi connectivity index (χ2n) is 2.05.